The summed E-state index contributed by atoms with van der Waals surface area (Å²) in [5.41, 5.74) is 0.834. The van der Waals surface area contributed by atoms with Crippen LogP contribution in [-0.4, -0.2) is 15.1 Å². The second-order valence-electron chi connectivity index (χ2n) is 6.02. The molecule has 5 rings (SSSR count). The second kappa shape index (κ2) is 7.18. The van der Waals surface area contributed by atoms with Crippen molar-refractivity contribution in [1.82, 2.24) is 15.1 Å². The SMILES string of the molecule is Brc1cnc2sc(-c3noc(-c4ccc(Oc5ccccc5)cc4)n3)cc2c1. The topological polar surface area (TPSA) is 61.0 Å². The Hall–Kier alpha value is -3.03. The van der Waals surface area contributed by atoms with Gasteiger partial charge in [0.1, 0.15) is 16.3 Å². The van der Waals surface area contributed by atoms with Crippen LogP contribution in [0.3, 0.4) is 0 Å². The van der Waals surface area contributed by atoms with E-state index in [-0.39, 0.29) is 0 Å². The molecular formula is C21H12BrN3O2S. The first-order valence-electron chi connectivity index (χ1n) is 8.47. The fraction of sp³-hybridized carbons (Fsp3) is 0. The summed E-state index contributed by atoms with van der Waals surface area (Å²) in [6.07, 6.45) is 1.78. The summed E-state index contributed by atoms with van der Waals surface area (Å²) < 4.78 is 12.2. The molecule has 7 heteroatoms. The number of hydrogen-bond donors (Lipinski definition) is 0. The van der Waals surface area contributed by atoms with Crippen LogP contribution in [0, 0.1) is 0 Å². The maximum atomic E-state index is 5.81. The molecule has 0 radical (unpaired) electrons. The monoisotopic (exact) mass is 449 g/mol. The molecule has 0 amide bonds. The van der Waals surface area contributed by atoms with Gasteiger partial charge in [0, 0.05) is 21.6 Å². The van der Waals surface area contributed by atoms with E-state index in [2.05, 4.69) is 31.1 Å². The number of rotatable bonds is 4. The van der Waals surface area contributed by atoms with E-state index < -0.39 is 0 Å². The molecule has 3 heterocycles. The Kier molecular flexibility index (Phi) is 4.38. The Balaban J connectivity index is 1.39. The lowest BCUT2D eigenvalue weighted by Gasteiger charge is -2.05. The van der Waals surface area contributed by atoms with Gasteiger partial charge in [-0.3, -0.25) is 0 Å². The van der Waals surface area contributed by atoms with Gasteiger partial charge < -0.3 is 9.26 Å². The average Bonchev–Trinajstić information content (AvgIpc) is 3.36. The Labute approximate surface area is 172 Å². The lowest BCUT2D eigenvalue weighted by molar-refractivity contribution is 0.432. The molecule has 0 spiro atoms. The minimum absolute atomic E-state index is 0.466. The molecule has 0 aliphatic rings. The van der Waals surface area contributed by atoms with Gasteiger partial charge in [0.2, 0.25) is 5.82 Å². The van der Waals surface area contributed by atoms with Crippen LogP contribution in [0.15, 0.2) is 81.9 Å². The maximum absolute atomic E-state index is 5.81. The van der Waals surface area contributed by atoms with Crippen LogP contribution >= 0.6 is 27.3 Å². The van der Waals surface area contributed by atoms with Crippen molar-refractivity contribution in [2.75, 3.05) is 0 Å². The van der Waals surface area contributed by atoms with E-state index in [0.717, 1.165) is 36.6 Å². The molecule has 5 aromatic rings. The van der Waals surface area contributed by atoms with Crippen LogP contribution in [0.1, 0.15) is 0 Å². The fourth-order valence-corrected chi connectivity index (χ4v) is 4.01. The smallest absolute Gasteiger partial charge is 0.258 e. The number of ether oxygens (including phenoxy) is 1. The van der Waals surface area contributed by atoms with Crippen LogP contribution in [-0.2, 0) is 0 Å². The summed E-state index contributed by atoms with van der Waals surface area (Å²) in [6.45, 7) is 0. The zero-order valence-corrected chi connectivity index (χ0v) is 16.8. The summed E-state index contributed by atoms with van der Waals surface area (Å²) >= 11 is 4.98. The van der Waals surface area contributed by atoms with E-state index in [1.54, 1.807) is 6.20 Å². The molecule has 5 nitrogen and oxygen atoms in total. The van der Waals surface area contributed by atoms with E-state index in [0.29, 0.717) is 11.7 Å². The third kappa shape index (κ3) is 3.42. The molecule has 136 valence electrons. The average molecular weight is 450 g/mol. The van der Waals surface area contributed by atoms with E-state index in [1.807, 2.05) is 66.7 Å². The van der Waals surface area contributed by atoms with Crippen molar-refractivity contribution < 1.29 is 9.26 Å². The van der Waals surface area contributed by atoms with Gasteiger partial charge in [-0.05, 0) is 64.5 Å². The molecule has 2 aromatic carbocycles. The lowest BCUT2D eigenvalue weighted by Crippen LogP contribution is -1.84. The Morgan fingerprint density at radius 2 is 1.71 bits per heavy atom. The summed E-state index contributed by atoms with van der Waals surface area (Å²) in [5.74, 6) is 2.56. The van der Waals surface area contributed by atoms with Crippen LogP contribution in [0.5, 0.6) is 11.5 Å². The van der Waals surface area contributed by atoms with Gasteiger partial charge in [0.25, 0.3) is 5.89 Å². The minimum Gasteiger partial charge on any atom is -0.457 e. The quantitative estimate of drug-likeness (QED) is 0.310. The Morgan fingerprint density at radius 3 is 2.54 bits per heavy atom. The molecule has 0 saturated carbocycles. The van der Waals surface area contributed by atoms with Gasteiger partial charge in [-0.15, -0.1) is 11.3 Å². The minimum atomic E-state index is 0.466. The van der Waals surface area contributed by atoms with E-state index in [1.165, 1.54) is 11.3 Å². The highest BCUT2D eigenvalue weighted by Crippen LogP contribution is 2.33. The molecule has 0 N–H and O–H groups in total. The third-order valence-corrected chi connectivity index (χ3v) is 5.55. The first kappa shape index (κ1) is 17.1. The number of hydrogen-bond acceptors (Lipinski definition) is 6. The molecule has 0 aliphatic heterocycles. The Morgan fingerprint density at radius 1 is 0.929 bits per heavy atom. The van der Waals surface area contributed by atoms with Gasteiger partial charge in [0.15, 0.2) is 0 Å². The van der Waals surface area contributed by atoms with Crippen LogP contribution in [0.4, 0.5) is 0 Å². The zero-order chi connectivity index (χ0) is 18.9. The molecule has 0 aliphatic carbocycles. The number of thiophene rings is 1. The first-order chi connectivity index (χ1) is 13.7. The van der Waals surface area contributed by atoms with Gasteiger partial charge in [-0.25, -0.2) is 4.98 Å². The third-order valence-electron chi connectivity index (χ3n) is 4.07. The number of fused-ring (bicyclic) bond motifs is 1. The standard InChI is InChI=1S/C21H12BrN3O2S/c22-15-10-14-11-18(28-21(14)23-12-15)19-24-20(27-25-19)13-6-8-17(9-7-13)26-16-4-2-1-3-5-16/h1-12H. The molecule has 0 fully saturated rings. The number of nitrogens with zero attached hydrogens (tertiary/aromatic N) is 3. The second-order valence-corrected chi connectivity index (χ2v) is 7.97. The molecule has 3 aromatic heterocycles. The number of halogens is 1. The van der Waals surface area contributed by atoms with Gasteiger partial charge in [0.05, 0.1) is 4.88 Å². The van der Waals surface area contributed by atoms with Crippen molar-refractivity contribution >= 4 is 37.5 Å². The van der Waals surface area contributed by atoms with Crippen LogP contribution in [0.2, 0.25) is 0 Å². The number of aromatic nitrogens is 3. The van der Waals surface area contributed by atoms with Crippen molar-refractivity contribution in [3.05, 3.63) is 77.4 Å². The van der Waals surface area contributed by atoms with Crippen molar-refractivity contribution in [2.45, 2.75) is 0 Å². The normalized spacial score (nSPS) is 11.0. The van der Waals surface area contributed by atoms with Crippen molar-refractivity contribution in [2.24, 2.45) is 0 Å². The van der Waals surface area contributed by atoms with Gasteiger partial charge in [-0.2, -0.15) is 4.98 Å². The molecule has 0 saturated heterocycles. The highest BCUT2D eigenvalue weighted by molar-refractivity contribution is 9.10. The largest absolute Gasteiger partial charge is 0.457 e. The van der Waals surface area contributed by atoms with Gasteiger partial charge in [-0.1, -0.05) is 23.4 Å². The zero-order valence-electron chi connectivity index (χ0n) is 14.4. The molecular weight excluding hydrogens is 438 g/mol. The molecule has 0 bridgehead atoms. The molecule has 28 heavy (non-hydrogen) atoms. The van der Waals surface area contributed by atoms with Crippen molar-refractivity contribution in [1.29, 1.82) is 0 Å². The molecule has 0 atom stereocenters. The highest BCUT2D eigenvalue weighted by Gasteiger charge is 2.14. The van der Waals surface area contributed by atoms with Crippen molar-refractivity contribution in [3.8, 4) is 33.7 Å². The highest BCUT2D eigenvalue weighted by atomic mass is 79.9. The summed E-state index contributed by atoms with van der Waals surface area (Å²) in [5, 5.41) is 5.17. The summed E-state index contributed by atoms with van der Waals surface area (Å²) in [7, 11) is 0. The van der Waals surface area contributed by atoms with Crippen LogP contribution < -0.4 is 4.74 Å². The maximum Gasteiger partial charge on any atom is 0.258 e. The summed E-state index contributed by atoms with van der Waals surface area (Å²) in [6, 6.07) is 21.3. The van der Waals surface area contributed by atoms with Crippen molar-refractivity contribution in [3.63, 3.8) is 0 Å². The number of para-hydroxylation sites is 1. The predicted octanol–water partition coefficient (Wildman–Crippen LogP) is 6.57. The van der Waals surface area contributed by atoms with E-state index >= 15 is 0 Å². The molecule has 0 unspecified atom stereocenters. The van der Waals surface area contributed by atoms with E-state index in [4.69, 9.17) is 9.26 Å². The van der Waals surface area contributed by atoms with Gasteiger partial charge >= 0.3 is 0 Å². The predicted molar refractivity (Wildman–Crippen MR) is 113 cm³/mol. The number of pyridine rings is 1. The van der Waals surface area contributed by atoms with E-state index in [9.17, 15) is 0 Å². The first-order valence-corrected chi connectivity index (χ1v) is 10.1. The Bertz CT molecular complexity index is 1250. The fourth-order valence-electron chi connectivity index (χ4n) is 2.75. The summed E-state index contributed by atoms with van der Waals surface area (Å²) in [4.78, 5) is 10.8. The number of benzene rings is 2. The van der Waals surface area contributed by atoms with Crippen LogP contribution in [0.25, 0.3) is 32.4 Å². The lowest BCUT2D eigenvalue weighted by atomic mass is 10.2.